The number of nitrogens with zero attached hydrogens (tertiary/aromatic N) is 2. The van der Waals surface area contributed by atoms with Crippen molar-refractivity contribution >= 4 is 23.5 Å². The van der Waals surface area contributed by atoms with Gasteiger partial charge in [-0.05, 0) is 42.7 Å². The number of rotatable bonds is 9. The van der Waals surface area contributed by atoms with Crippen molar-refractivity contribution in [3.8, 4) is 5.75 Å². The van der Waals surface area contributed by atoms with Crippen LogP contribution in [0.25, 0.3) is 0 Å². The maximum Gasteiger partial charge on any atom is 0.242 e. The molecule has 1 aromatic carbocycles. The summed E-state index contributed by atoms with van der Waals surface area (Å²) in [4.78, 5) is 20.4. The van der Waals surface area contributed by atoms with E-state index in [4.69, 9.17) is 16.3 Å². The van der Waals surface area contributed by atoms with E-state index >= 15 is 0 Å². The van der Waals surface area contributed by atoms with Gasteiger partial charge in [0.15, 0.2) is 5.96 Å². The van der Waals surface area contributed by atoms with Gasteiger partial charge in [0.2, 0.25) is 5.91 Å². The van der Waals surface area contributed by atoms with Gasteiger partial charge >= 0.3 is 0 Å². The van der Waals surface area contributed by atoms with E-state index in [1.807, 2.05) is 37.3 Å². The Bertz CT molecular complexity index is 763. The number of ether oxygens (including phenoxy) is 1. The van der Waals surface area contributed by atoms with Crippen molar-refractivity contribution in [2.75, 3.05) is 26.7 Å². The zero-order chi connectivity index (χ0) is 20.2. The second-order valence-electron chi connectivity index (χ2n) is 5.99. The van der Waals surface area contributed by atoms with Crippen LogP contribution in [0.3, 0.4) is 0 Å². The largest absolute Gasteiger partial charge is 0.497 e. The highest BCUT2D eigenvalue weighted by Gasteiger charge is 2.03. The fourth-order valence-corrected chi connectivity index (χ4v) is 2.48. The summed E-state index contributed by atoms with van der Waals surface area (Å²) < 4.78 is 5.12. The third-order valence-corrected chi connectivity index (χ3v) is 4.09. The van der Waals surface area contributed by atoms with Crippen molar-refractivity contribution in [1.29, 1.82) is 0 Å². The summed E-state index contributed by atoms with van der Waals surface area (Å²) in [5.41, 5.74) is 2.07. The molecule has 0 saturated carbocycles. The number of hydrogen-bond donors (Lipinski definition) is 3. The first-order valence-corrected chi connectivity index (χ1v) is 9.50. The molecule has 8 heteroatoms. The molecule has 1 heterocycles. The lowest BCUT2D eigenvalue weighted by Gasteiger charge is -2.11. The number of methoxy groups -OCH3 is 1. The highest BCUT2D eigenvalue weighted by Crippen LogP contribution is 2.10. The Morgan fingerprint density at radius 2 is 1.86 bits per heavy atom. The maximum atomic E-state index is 12.1. The van der Waals surface area contributed by atoms with E-state index in [1.54, 1.807) is 19.4 Å². The Labute approximate surface area is 170 Å². The van der Waals surface area contributed by atoms with Crippen LogP contribution in [-0.2, 0) is 17.8 Å². The van der Waals surface area contributed by atoms with Crippen LogP contribution in [0.15, 0.2) is 47.6 Å². The first-order chi connectivity index (χ1) is 13.6. The van der Waals surface area contributed by atoms with Gasteiger partial charge < -0.3 is 20.7 Å². The van der Waals surface area contributed by atoms with E-state index < -0.39 is 0 Å². The fraction of sp³-hybridized carbons (Fsp3) is 0.350. The molecule has 2 aromatic rings. The van der Waals surface area contributed by atoms with Gasteiger partial charge in [0.05, 0.1) is 7.11 Å². The molecule has 1 aromatic heterocycles. The Kier molecular flexibility index (Phi) is 9.07. The van der Waals surface area contributed by atoms with Crippen LogP contribution in [0.2, 0.25) is 5.15 Å². The number of benzene rings is 1. The Balaban J connectivity index is 1.76. The average molecular weight is 404 g/mol. The molecule has 1 amide bonds. The topological polar surface area (TPSA) is 87.6 Å². The van der Waals surface area contributed by atoms with E-state index in [-0.39, 0.29) is 12.5 Å². The molecule has 0 aliphatic heterocycles. The maximum absolute atomic E-state index is 12.1. The van der Waals surface area contributed by atoms with Gasteiger partial charge in [-0.2, -0.15) is 0 Å². The van der Waals surface area contributed by atoms with E-state index in [1.165, 1.54) is 0 Å². The van der Waals surface area contributed by atoms with Gasteiger partial charge in [0.1, 0.15) is 17.4 Å². The molecule has 0 unspecified atom stereocenters. The smallest absolute Gasteiger partial charge is 0.242 e. The highest BCUT2D eigenvalue weighted by atomic mass is 35.5. The molecular formula is C20H26ClN5O2. The molecule has 3 N–H and O–H groups in total. The van der Waals surface area contributed by atoms with Gasteiger partial charge in [0, 0.05) is 25.8 Å². The van der Waals surface area contributed by atoms with E-state index in [2.05, 4.69) is 25.9 Å². The number of guanidine groups is 1. The minimum Gasteiger partial charge on any atom is -0.497 e. The average Bonchev–Trinajstić information content (AvgIpc) is 2.72. The summed E-state index contributed by atoms with van der Waals surface area (Å²) in [6.45, 7) is 3.86. The molecule has 0 bridgehead atoms. The van der Waals surface area contributed by atoms with E-state index in [0.29, 0.717) is 30.7 Å². The first kappa shape index (κ1) is 21.5. The lowest BCUT2D eigenvalue weighted by Crippen LogP contribution is -2.39. The van der Waals surface area contributed by atoms with Crippen molar-refractivity contribution in [2.45, 2.75) is 19.9 Å². The van der Waals surface area contributed by atoms with Crippen LogP contribution in [0.4, 0.5) is 0 Å². The molecule has 7 nitrogen and oxygen atoms in total. The molecule has 0 radical (unpaired) electrons. The van der Waals surface area contributed by atoms with Crippen LogP contribution in [0.5, 0.6) is 5.75 Å². The number of amides is 1. The summed E-state index contributed by atoms with van der Waals surface area (Å²) in [7, 11) is 1.62. The quantitative estimate of drug-likeness (QED) is 0.339. The van der Waals surface area contributed by atoms with Crippen LogP contribution in [-0.4, -0.2) is 43.6 Å². The number of aliphatic imine (C=N–C) groups is 1. The van der Waals surface area contributed by atoms with Crippen LogP contribution in [0, 0.1) is 0 Å². The lowest BCUT2D eigenvalue weighted by atomic mass is 10.2. The fourth-order valence-electron chi connectivity index (χ4n) is 2.37. The van der Waals surface area contributed by atoms with Crippen LogP contribution in [0.1, 0.15) is 18.1 Å². The monoisotopic (exact) mass is 403 g/mol. The lowest BCUT2D eigenvalue weighted by molar-refractivity contribution is -0.119. The molecular weight excluding hydrogens is 378 g/mol. The van der Waals surface area contributed by atoms with Crippen molar-refractivity contribution in [3.05, 3.63) is 58.9 Å². The van der Waals surface area contributed by atoms with Gasteiger partial charge in [-0.25, -0.2) is 9.98 Å². The number of nitrogens with one attached hydrogen (secondary N) is 3. The summed E-state index contributed by atoms with van der Waals surface area (Å²) in [6.07, 6.45) is 2.53. The predicted octanol–water partition coefficient (Wildman–Crippen LogP) is 2.16. The third kappa shape index (κ3) is 7.84. The summed E-state index contributed by atoms with van der Waals surface area (Å²) in [5, 5.41) is 9.67. The number of hydrogen-bond acceptors (Lipinski definition) is 4. The molecule has 0 atom stereocenters. The van der Waals surface area contributed by atoms with Crippen molar-refractivity contribution in [1.82, 2.24) is 20.9 Å². The van der Waals surface area contributed by atoms with E-state index in [9.17, 15) is 4.79 Å². The Hall–Kier alpha value is -2.80. The second kappa shape index (κ2) is 11.8. The zero-order valence-electron chi connectivity index (χ0n) is 16.2. The van der Waals surface area contributed by atoms with Gasteiger partial charge in [-0.3, -0.25) is 4.79 Å². The first-order valence-electron chi connectivity index (χ1n) is 9.13. The predicted molar refractivity (Wildman–Crippen MR) is 112 cm³/mol. The van der Waals surface area contributed by atoms with Gasteiger partial charge in [-0.1, -0.05) is 29.8 Å². The summed E-state index contributed by atoms with van der Waals surface area (Å²) >= 11 is 5.79. The number of pyridine rings is 1. The highest BCUT2D eigenvalue weighted by molar-refractivity contribution is 6.29. The molecule has 28 heavy (non-hydrogen) atoms. The van der Waals surface area contributed by atoms with Gasteiger partial charge in [-0.15, -0.1) is 0 Å². The van der Waals surface area contributed by atoms with Crippen molar-refractivity contribution in [3.63, 3.8) is 0 Å². The number of halogens is 1. The molecule has 0 saturated heterocycles. The number of aromatic nitrogens is 1. The Morgan fingerprint density at radius 1 is 1.11 bits per heavy atom. The van der Waals surface area contributed by atoms with Crippen LogP contribution < -0.4 is 20.7 Å². The molecule has 0 aliphatic rings. The summed E-state index contributed by atoms with van der Waals surface area (Å²) in [5.74, 6) is 1.24. The minimum atomic E-state index is -0.144. The molecule has 0 aliphatic carbocycles. The molecule has 0 spiro atoms. The zero-order valence-corrected chi connectivity index (χ0v) is 16.9. The standard InChI is InChI=1S/C20H26ClN5O2/c1-3-22-20(23-11-10-16-6-9-18(21)24-12-16)26-14-19(27)25-13-15-4-7-17(28-2)8-5-15/h4-9,12H,3,10-11,13-14H2,1-2H3,(H,25,27)(H2,22,23,26). The van der Waals surface area contributed by atoms with Crippen LogP contribution >= 0.6 is 11.6 Å². The number of carbonyl (C=O) groups excluding carboxylic acids is 1. The Morgan fingerprint density at radius 3 is 2.50 bits per heavy atom. The van der Waals surface area contributed by atoms with Gasteiger partial charge in [0.25, 0.3) is 0 Å². The SMILES string of the molecule is CCNC(=NCC(=O)NCc1ccc(OC)cc1)NCCc1ccc(Cl)nc1. The normalized spacial score (nSPS) is 11.0. The molecule has 150 valence electrons. The minimum absolute atomic E-state index is 0.0496. The third-order valence-electron chi connectivity index (χ3n) is 3.87. The van der Waals surface area contributed by atoms with Crippen molar-refractivity contribution < 1.29 is 9.53 Å². The number of carbonyl (C=O) groups is 1. The summed E-state index contributed by atoms with van der Waals surface area (Å²) in [6, 6.07) is 11.3. The second-order valence-corrected chi connectivity index (χ2v) is 6.37. The molecule has 2 rings (SSSR count). The van der Waals surface area contributed by atoms with Crippen molar-refractivity contribution in [2.24, 2.45) is 4.99 Å². The van der Waals surface area contributed by atoms with E-state index in [0.717, 1.165) is 23.3 Å². The molecule has 0 fully saturated rings.